The van der Waals surface area contributed by atoms with Gasteiger partial charge in [0.2, 0.25) is 11.8 Å². The summed E-state index contributed by atoms with van der Waals surface area (Å²) >= 11 is 0. The van der Waals surface area contributed by atoms with Gasteiger partial charge in [-0.2, -0.15) is 0 Å². The molecule has 10 heteroatoms. The third-order valence-corrected chi connectivity index (χ3v) is 7.35. The molecule has 0 saturated heterocycles. The van der Waals surface area contributed by atoms with Crippen molar-refractivity contribution < 1.29 is 33.8 Å². The van der Waals surface area contributed by atoms with Gasteiger partial charge in [-0.05, 0) is 37.7 Å². The highest BCUT2D eigenvalue weighted by Crippen LogP contribution is 2.28. The van der Waals surface area contributed by atoms with Gasteiger partial charge in [0.25, 0.3) is 0 Å². The molecule has 2 aliphatic rings. The lowest BCUT2D eigenvalue weighted by atomic mass is 9.84. The van der Waals surface area contributed by atoms with Gasteiger partial charge in [-0.15, -0.1) is 0 Å². The predicted molar refractivity (Wildman–Crippen MR) is 149 cm³/mol. The quantitative estimate of drug-likeness (QED) is 0.270. The maximum absolute atomic E-state index is 13.3. The fourth-order valence-electron chi connectivity index (χ4n) is 5.10. The van der Waals surface area contributed by atoms with E-state index in [9.17, 15) is 24.3 Å². The Balaban J connectivity index is 1.69. The second-order valence-electron chi connectivity index (χ2n) is 10.8. The van der Waals surface area contributed by atoms with Crippen LogP contribution in [-0.4, -0.2) is 60.3 Å². The Bertz CT molecular complexity index is 994. The summed E-state index contributed by atoms with van der Waals surface area (Å²) in [6.07, 6.45) is 9.36. The van der Waals surface area contributed by atoms with Crippen molar-refractivity contribution >= 4 is 23.9 Å². The van der Waals surface area contributed by atoms with Gasteiger partial charge in [-0.25, -0.2) is 9.59 Å². The van der Waals surface area contributed by atoms with Crippen molar-refractivity contribution in [1.29, 1.82) is 0 Å². The largest absolute Gasteiger partial charge is 0.462 e. The first-order valence-electron chi connectivity index (χ1n) is 14.3. The number of ether oxygens (including phenoxy) is 2. The smallest absolute Gasteiger partial charge is 0.408 e. The third-order valence-electron chi connectivity index (χ3n) is 7.35. The lowest BCUT2D eigenvalue weighted by Gasteiger charge is -2.29. The second kappa shape index (κ2) is 16.6. The fourth-order valence-corrected chi connectivity index (χ4v) is 5.10. The van der Waals surface area contributed by atoms with E-state index in [4.69, 9.17) is 9.47 Å². The van der Waals surface area contributed by atoms with Crippen molar-refractivity contribution in [1.82, 2.24) is 16.0 Å². The fraction of sp³-hybridized carbons (Fsp3) is 0.600. The summed E-state index contributed by atoms with van der Waals surface area (Å²) in [4.78, 5) is 51.3. The van der Waals surface area contributed by atoms with Gasteiger partial charge in [0.05, 0.1) is 18.6 Å². The van der Waals surface area contributed by atoms with E-state index < -0.39 is 36.1 Å². The second-order valence-corrected chi connectivity index (χ2v) is 10.8. The van der Waals surface area contributed by atoms with Crippen LogP contribution in [0.4, 0.5) is 4.79 Å². The number of aliphatic hydroxyl groups excluding tert-OH is 1. The van der Waals surface area contributed by atoms with Gasteiger partial charge >= 0.3 is 12.1 Å². The van der Waals surface area contributed by atoms with Gasteiger partial charge in [0, 0.05) is 12.5 Å². The molecule has 3 amide bonds. The normalized spacial score (nSPS) is 23.5. The maximum Gasteiger partial charge on any atom is 0.408 e. The zero-order valence-corrected chi connectivity index (χ0v) is 23.3. The molecule has 4 unspecified atom stereocenters. The minimum Gasteiger partial charge on any atom is -0.462 e. The van der Waals surface area contributed by atoms with Crippen molar-refractivity contribution in [2.45, 2.75) is 89.4 Å². The van der Waals surface area contributed by atoms with E-state index in [2.05, 4.69) is 16.0 Å². The van der Waals surface area contributed by atoms with E-state index in [0.29, 0.717) is 12.3 Å². The summed E-state index contributed by atoms with van der Waals surface area (Å²) in [5, 5.41) is 17.6. The van der Waals surface area contributed by atoms with Crippen LogP contribution in [0.25, 0.3) is 0 Å². The average molecular weight is 558 g/mol. The first-order valence-corrected chi connectivity index (χ1v) is 14.3. The number of carbonyl (C=O) groups excluding carboxylic acids is 4. The predicted octanol–water partition coefficient (Wildman–Crippen LogP) is 3.13. The van der Waals surface area contributed by atoms with Gasteiger partial charge in [-0.3, -0.25) is 9.59 Å². The number of carbonyl (C=O) groups is 4. The molecule has 0 radical (unpaired) electrons. The highest BCUT2D eigenvalue weighted by molar-refractivity contribution is 5.86. The van der Waals surface area contributed by atoms with Gasteiger partial charge < -0.3 is 30.5 Å². The molecule has 1 aliphatic heterocycles. The molecule has 0 bridgehead atoms. The Hall–Kier alpha value is -3.40. The number of nitrogens with one attached hydrogen (secondary N) is 3. The zero-order chi connectivity index (χ0) is 28.7. The summed E-state index contributed by atoms with van der Waals surface area (Å²) < 4.78 is 10.9. The van der Waals surface area contributed by atoms with Gasteiger partial charge in [0.1, 0.15) is 19.3 Å². The summed E-state index contributed by atoms with van der Waals surface area (Å²) in [5.41, 5.74) is 0.823. The molecule has 1 aromatic rings. The van der Waals surface area contributed by atoms with E-state index in [1.807, 2.05) is 30.3 Å². The highest BCUT2D eigenvalue weighted by Gasteiger charge is 2.29. The van der Waals surface area contributed by atoms with Crippen LogP contribution in [0.2, 0.25) is 0 Å². The topological polar surface area (TPSA) is 143 Å². The molecule has 4 atom stereocenters. The van der Waals surface area contributed by atoms with Crippen LogP contribution in [0.3, 0.4) is 0 Å². The molecule has 4 N–H and O–H groups in total. The van der Waals surface area contributed by atoms with E-state index >= 15 is 0 Å². The molecule has 1 aliphatic carbocycles. The van der Waals surface area contributed by atoms with Crippen LogP contribution in [0.5, 0.6) is 0 Å². The van der Waals surface area contributed by atoms with Crippen LogP contribution < -0.4 is 16.0 Å². The standard InChI is InChI=1S/C30H43N3O7/c1-21(18-34)31-27(35)17-24-14-8-9-15-26(33-30(38)40-19-23-12-6-3-7-13-23)29(37)39-20-25(32-28(24)36)16-22-10-4-2-5-11-22/h3,6-9,12-13,21-22,24-26,34H,2,4-5,10-11,14-20H2,1H3,(H,31,35)(H,32,36)(H,33,38). The monoisotopic (exact) mass is 557 g/mol. The molecule has 10 nitrogen and oxygen atoms in total. The molecular weight excluding hydrogens is 514 g/mol. The van der Waals surface area contributed by atoms with E-state index in [0.717, 1.165) is 31.2 Å². The zero-order valence-electron chi connectivity index (χ0n) is 23.3. The Labute approximate surface area is 236 Å². The summed E-state index contributed by atoms with van der Waals surface area (Å²) in [6, 6.07) is 7.45. The molecule has 1 heterocycles. The number of allylic oxidation sites excluding steroid dienone is 1. The van der Waals surface area contributed by atoms with E-state index in [-0.39, 0.29) is 50.9 Å². The van der Waals surface area contributed by atoms with Crippen LogP contribution in [0, 0.1) is 11.8 Å². The SMILES string of the molecule is CC(CO)NC(=O)CC1CC=CCC(NC(=O)OCc2ccccc2)C(=O)OCC(CC2CCCCC2)NC1=O. The lowest BCUT2D eigenvalue weighted by molar-refractivity contribution is -0.147. The van der Waals surface area contributed by atoms with E-state index in [1.165, 1.54) is 6.42 Å². The summed E-state index contributed by atoms with van der Waals surface area (Å²) in [6.45, 7) is 1.53. The van der Waals surface area contributed by atoms with E-state index in [1.54, 1.807) is 19.1 Å². The Kier molecular flexibility index (Phi) is 13.0. The average Bonchev–Trinajstić information content (AvgIpc) is 2.95. The minimum absolute atomic E-state index is 0.0253. The summed E-state index contributed by atoms with van der Waals surface area (Å²) in [5.74, 6) is -1.40. The Morgan fingerprint density at radius 3 is 2.55 bits per heavy atom. The molecule has 0 spiro atoms. The number of aliphatic hydroxyl groups is 1. The first-order chi connectivity index (χ1) is 19.3. The Morgan fingerprint density at radius 1 is 1.10 bits per heavy atom. The van der Waals surface area contributed by atoms with Crippen molar-refractivity contribution in [2.24, 2.45) is 11.8 Å². The number of hydrogen-bond donors (Lipinski definition) is 4. The molecule has 220 valence electrons. The number of hydrogen-bond acceptors (Lipinski definition) is 7. The minimum atomic E-state index is -0.961. The number of benzene rings is 1. The molecule has 0 aromatic heterocycles. The maximum atomic E-state index is 13.3. The number of rotatable bonds is 9. The molecule has 40 heavy (non-hydrogen) atoms. The Morgan fingerprint density at radius 2 is 1.82 bits per heavy atom. The molecular formula is C30H43N3O7. The highest BCUT2D eigenvalue weighted by atomic mass is 16.6. The number of cyclic esters (lactones) is 1. The van der Waals surface area contributed by atoms with Crippen LogP contribution in [0.15, 0.2) is 42.5 Å². The number of esters is 1. The van der Waals surface area contributed by atoms with Crippen molar-refractivity contribution in [2.75, 3.05) is 13.2 Å². The third kappa shape index (κ3) is 11.0. The molecule has 1 fully saturated rings. The summed E-state index contributed by atoms with van der Waals surface area (Å²) in [7, 11) is 0. The molecule has 3 rings (SSSR count). The van der Waals surface area contributed by atoms with Crippen molar-refractivity contribution in [3.05, 3.63) is 48.0 Å². The van der Waals surface area contributed by atoms with Crippen molar-refractivity contribution in [3.8, 4) is 0 Å². The number of alkyl carbamates (subject to hydrolysis) is 1. The molecule has 1 saturated carbocycles. The molecule has 1 aromatic carbocycles. The number of amides is 3. The van der Waals surface area contributed by atoms with Gasteiger partial charge in [0.15, 0.2) is 0 Å². The van der Waals surface area contributed by atoms with Crippen LogP contribution >= 0.6 is 0 Å². The van der Waals surface area contributed by atoms with Crippen LogP contribution in [0.1, 0.15) is 70.3 Å². The lowest BCUT2D eigenvalue weighted by Crippen LogP contribution is -2.47. The van der Waals surface area contributed by atoms with Crippen LogP contribution in [-0.2, 0) is 30.5 Å². The first kappa shape index (κ1) is 31.1. The van der Waals surface area contributed by atoms with Gasteiger partial charge in [-0.1, -0.05) is 74.6 Å². The van der Waals surface area contributed by atoms with Crippen molar-refractivity contribution in [3.63, 3.8) is 0 Å².